The summed E-state index contributed by atoms with van der Waals surface area (Å²) in [5.74, 6) is 1.66. The quantitative estimate of drug-likeness (QED) is 0.462. The Balaban J connectivity index is 1.90. The molecule has 0 unspecified atom stereocenters. The SMILES string of the molecule is CNc1cc([N+](=O)[O-])cc(NCCOc2ccccc2)n1. The van der Waals surface area contributed by atoms with Crippen LogP contribution in [0.5, 0.6) is 5.75 Å². The first kappa shape index (κ1) is 14.6. The van der Waals surface area contributed by atoms with Crippen LogP contribution in [-0.4, -0.2) is 30.1 Å². The fourth-order valence-electron chi connectivity index (χ4n) is 1.70. The van der Waals surface area contributed by atoms with Crippen LogP contribution in [-0.2, 0) is 0 Å². The first-order valence-corrected chi connectivity index (χ1v) is 6.45. The van der Waals surface area contributed by atoms with Gasteiger partial charge in [0.1, 0.15) is 24.0 Å². The number of para-hydroxylation sites is 1. The Bertz CT molecular complexity index is 604. The standard InChI is InChI=1S/C14H16N4O3/c1-15-13-9-11(18(19)20)10-14(17-13)16-7-8-21-12-5-3-2-4-6-12/h2-6,9-10H,7-8H2,1H3,(H2,15,16,17). The Labute approximate surface area is 122 Å². The summed E-state index contributed by atoms with van der Waals surface area (Å²) in [4.78, 5) is 14.6. The molecule has 0 aliphatic carbocycles. The predicted octanol–water partition coefficient (Wildman–Crippen LogP) is 2.52. The Morgan fingerprint density at radius 1 is 1.24 bits per heavy atom. The van der Waals surface area contributed by atoms with E-state index in [9.17, 15) is 10.1 Å². The second-order valence-electron chi connectivity index (χ2n) is 4.19. The minimum atomic E-state index is -0.450. The Morgan fingerprint density at radius 3 is 2.62 bits per heavy atom. The van der Waals surface area contributed by atoms with Crippen molar-refractivity contribution in [3.8, 4) is 5.75 Å². The van der Waals surface area contributed by atoms with Gasteiger partial charge in [-0.3, -0.25) is 10.1 Å². The molecule has 0 aliphatic heterocycles. The van der Waals surface area contributed by atoms with Gasteiger partial charge in [0.05, 0.1) is 23.6 Å². The number of hydrogen-bond donors (Lipinski definition) is 2. The van der Waals surface area contributed by atoms with Crippen LogP contribution in [0.15, 0.2) is 42.5 Å². The molecule has 2 N–H and O–H groups in total. The van der Waals surface area contributed by atoms with E-state index >= 15 is 0 Å². The van der Waals surface area contributed by atoms with Gasteiger partial charge >= 0.3 is 0 Å². The van der Waals surface area contributed by atoms with Crippen LogP contribution >= 0.6 is 0 Å². The van der Waals surface area contributed by atoms with E-state index in [1.165, 1.54) is 12.1 Å². The van der Waals surface area contributed by atoms with E-state index < -0.39 is 4.92 Å². The number of nitro groups is 1. The second-order valence-corrected chi connectivity index (χ2v) is 4.19. The molecule has 1 aromatic carbocycles. The van der Waals surface area contributed by atoms with Crippen LogP contribution in [0.2, 0.25) is 0 Å². The molecule has 0 aliphatic rings. The van der Waals surface area contributed by atoms with Gasteiger partial charge in [-0.25, -0.2) is 4.98 Å². The molecule has 0 saturated heterocycles. The number of ether oxygens (including phenoxy) is 1. The molecule has 110 valence electrons. The number of anilines is 2. The fraction of sp³-hybridized carbons (Fsp3) is 0.214. The van der Waals surface area contributed by atoms with E-state index in [4.69, 9.17) is 4.74 Å². The fourth-order valence-corrected chi connectivity index (χ4v) is 1.70. The van der Waals surface area contributed by atoms with Gasteiger partial charge in [-0.15, -0.1) is 0 Å². The maximum Gasteiger partial charge on any atom is 0.276 e. The molecule has 0 amide bonds. The van der Waals surface area contributed by atoms with Crippen molar-refractivity contribution in [2.45, 2.75) is 0 Å². The van der Waals surface area contributed by atoms with Crippen LogP contribution in [0, 0.1) is 10.1 Å². The highest BCUT2D eigenvalue weighted by molar-refractivity contribution is 5.54. The van der Waals surface area contributed by atoms with Crippen molar-refractivity contribution in [3.63, 3.8) is 0 Å². The third-order valence-electron chi connectivity index (χ3n) is 2.70. The maximum atomic E-state index is 10.8. The summed E-state index contributed by atoms with van der Waals surface area (Å²) < 4.78 is 5.52. The molecule has 1 heterocycles. The van der Waals surface area contributed by atoms with Crippen LogP contribution in [0.4, 0.5) is 17.3 Å². The van der Waals surface area contributed by atoms with Gasteiger partial charge in [0.2, 0.25) is 0 Å². The average Bonchev–Trinajstić information content (AvgIpc) is 2.52. The number of nitrogens with zero attached hydrogens (tertiary/aromatic N) is 2. The molecule has 0 fully saturated rings. The largest absolute Gasteiger partial charge is 0.492 e. The van der Waals surface area contributed by atoms with Gasteiger partial charge in [-0.05, 0) is 12.1 Å². The summed E-state index contributed by atoms with van der Waals surface area (Å²) in [6.07, 6.45) is 0. The van der Waals surface area contributed by atoms with Gasteiger partial charge in [0, 0.05) is 7.05 Å². The highest BCUT2D eigenvalue weighted by atomic mass is 16.6. The third-order valence-corrected chi connectivity index (χ3v) is 2.70. The molecule has 0 radical (unpaired) electrons. The highest BCUT2D eigenvalue weighted by Crippen LogP contribution is 2.20. The maximum absolute atomic E-state index is 10.8. The molecular formula is C14H16N4O3. The second kappa shape index (κ2) is 7.09. The van der Waals surface area contributed by atoms with Crippen molar-refractivity contribution in [3.05, 3.63) is 52.6 Å². The topological polar surface area (TPSA) is 89.3 Å². The third kappa shape index (κ3) is 4.34. The highest BCUT2D eigenvalue weighted by Gasteiger charge is 2.10. The Morgan fingerprint density at radius 2 is 1.95 bits per heavy atom. The number of nitrogens with one attached hydrogen (secondary N) is 2. The van der Waals surface area contributed by atoms with Gasteiger partial charge in [0.25, 0.3) is 5.69 Å². The van der Waals surface area contributed by atoms with Crippen molar-refractivity contribution in [1.82, 2.24) is 4.98 Å². The molecule has 2 rings (SSSR count). The number of hydrogen-bond acceptors (Lipinski definition) is 6. The van der Waals surface area contributed by atoms with E-state index in [1.807, 2.05) is 30.3 Å². The summed E-state index contributed by atoms with van der Waals surface area (Å²) >= 11 is 0. The van der Waals surface area contributed by atoms with Crippen LogP contribution < -0.4 is 15.4 Å². The lowest BCUT2D eigenvalue weighted by atomic mass is 10.3. The number of aromatic nitrogens is 1. The predicted molar refractivity (Wildman–Crippen MR) is 80.9 cm³/mol. The van der Waals surface area contributed by atoms with Crippen molar-refractivity contribution in [2.75, 3.05) is 30.8 Å². The van der Waals surface area contributed by atoms with Crippen molar-refractivity contribution in [2.24, 2.45) is 0 Å². The summed E-state index contributed by atoms with van der Waals surface area (Å²) in [6.45, 7) is 0.926. The van der Waals surface area contributed by atoms with Crippen LogP contribution in [0.1, 0.15) is 0 Å². The number of rotatable bonds is 7. The van der Waals surface area contributed by atoms with E-state index in [0.29, 0.717) is 24.8 Å². The molecule has 0 bridgehead atoms. The van der Waals surface area contributed by atoms with Crippen molar-refractivity contribution >= 4 is 17.3 Å². The Hall–Kier alpha value is -2.83. The molecule has 0 saturated carbocycles. The lowest BCUT2D eigenvalue weighted by molar-refractivity contribution is -0.384. The molecule has 0 atom stereocenters. The summed E-state index contributed by atoms with van der Waals surface area (Å²) in [7, 11) is 1.66. The van der Waals surface area contributed by atoms with Gasteiger partial charge in [0.15, 0.2) is 0 Å². The zero-order valence-electron chi connectivity index (χ0n) is 11.6. The van der Waals surface area contributed by atoms with Gasteiger partial charge < -0.3 is 15.4 Å². The monoisotopic (exact) mass is 288 g/mol. The minimum absolute atomic E-state index is 0.0131. The molecular weight excluding hydrogens is 272 g/mol. The average molecular weight is 288 g/mol. The molecule has 21 heavy (non-hydrogen) atoms. The smallest absolute Gasteiger partial charge is 0.276 e. The molecule has 1 aromatic heterocycles. The minimum Gasteiger partial charge on any atom is -0.492 e. The lowest BCUT2D eigenvalue weighted by Crippen LogP contribution is -2.13. The van der Waals surface area contributed by atoms with Gasteiger partial charge in [-0.2, -0.15) is 0 Å². The number of pyridine rings is 1. The summed E-state index contributed by atoms with van der Waals surface area (Å²) in [5, 5.41) is 16.6. The zero-order chi connectivity index (χ0) is 15.1. The van der Waals surface area contributed by atoms with E-state index in [0.717, 1.165) is 5.75 Å². The number of benzene rings is 1. The van der Waals surface area contributed by atoms with Crippen LogP contribution in [0.25, 0.3) is 0 Å². The normalized spacial score (nSPS) is 9.95. The van der Waals surface area contributed by atoms with E-state index in [-0.39, 0.29) is 5.69 Å². The molecule has 0 spiro atoms. The van der Waals surface area contributed by atoms with Crippen LogP contribution in [0.3, 0.4) is 0 Å². The summed E-state index contributed by atoms with van der Waals surface area (Å²) in [5.41, 5.74) is -0.0131. The van der Waals surface area contributed by atoms with Crippen molar-refractivity contribution in [1.29, 1.82) is 0 Å². The van der Waals surface area contributed by atoms with E-state index in [1.54, 1.807) is 7.05 Å². The first-order chi connectivity index (χ1) is 10.2. The lowest BCUT2D eigenvalue weighted by Gasteiger charge is -2.09. The zero-order valence-corrected chi connectivity index (χ0v) is 11.6. The van der Waals surface area contributed by atoms with Gasteiger partial charge in [-0.1, -0.05) is 18.2 Å². The van der Waals surface area contributed by atoms with Crippen molar-refractivity contribution < 1.29 is 9.66 Å². The Kier molecular flexibility index (Phi) is 4.92. The molecule has 2 aromatic rings. The molecule has 7 nitrogen and oxygen atoms in total. The summed E-state index contributed by atoms with van der Waals surface area (Å²) in [6, 6.07) is 12.2. The molecule has 7 heteroatoms. The first-order valence-electron chi connectivity index (χ1n) is 6.45. The van der Waals surface area contributed by atoms with E-state index in [2.05, 4.69) is 15.6 Å².